The molecule has 1 atom stereocenters. The van der Waals surface area contributed by atoms with Crippen LogP contribution in [0.5, 0.6) is 5.75 Å². The van der Waals surface area contributed by atoms with Crippen molar-refractivity contribution in [2.24, 2.45) is 12.0 Å². The van der Waals surface area contributed by atoms with Crippen molar-refractivity contribution in [1.82, 2.24) is 20.1 Å². The van der Waals surface area contributed by atoms with Crippen molar-refractivity contribution >= 4 is 17.5 Å². The summed E-state index contributed by atoms with van der Waals surface area (Å²) in [6, 6.07) is 10.6. The minimum atomic E-state index is -0.294. The van der Waals surface area contributed by atoms with Gasteiger partial charge in [-0.2, -0.15) is 10.4 Å². The largest absolute Gasteiger partial charge is 0.495 e. The maximum absolute atomic E-state index is 9.54. The van der Waals surface area contributed by atoms with Crippen molar-refractivity contribution in [3.63, 3.8) is 0 Å². The van der Waals surface area contributed by atoms with E-state index in [1.165, 1.54) is 12.8 Å². The average Bonchev–Trinajstić information content (AvgIpc) is 3.55. The normalized spacial score (nSPS) is 17.9. The van der Waals surface area contributed by atoms with Gasteiger partial charge < -0.3 is 20.4 Å². The van der Waals surface area contributed by atoms with E-state index < -0.39 is 0 Å². The number of hydrogen-bond donors (Lipinski definition) is 4. The molecule has 1 aliphatic heterocycles. The molecule has 1 aromatic carbocycles. The van der Waals surface area contributed by atoms with E-state index in [-0.39, 0.29) is 6.17 Å². The van der Waals surface area contributed by atoms with E-state index >= 15 is 0 Å². The number of guanidine groups is 1. The number of benzene rings is 1. The van der Waals surface area contributed by atoms with Gasteiger partial charge >= 0.3 is 0 Å². The highest BCUT2D eigenvalue weighted by Gasteiger charge is 2.29. The third-order valence-electron chi connectivity index (χ3n) is 6.14. The minimum absolute atomic E-state index is 0.294. The van der Waals surface area contributed by atoms with E-state index in [0.717, 1.165) is 41.2 Å². The molecule has 2 aromatic heterocycles. The Kier molecular flexibility index (Phi) is 5.29. The van der Waals surface area contributed by atoms with E-state index in [1.807, 2.05) is 36.0 Å². The number of methoxy groups -OCH3 is 1. The second kappa shape index (κ2) is 8.40. The molecule has 5 rings (SSSR count). The first kappa shape index (κ1) is 20.2. The summed E-state index contributed by atoms with van der Waals surface area (Å²) in [7, 11) is 3.56. The first-order chi connectivity index (χ1) is 15.7. The molecule has 9 nitrogen and oxygen atoms in total. The standard InChI is InChI=1S/C23H26N8O/c1-31-18(9-10-26-31)14-7-8-17(19(11-14)32-2)28-23-29-21-20(15(12-24)13-25-21)22(30-23)27-16-5-3-4-6-16/h7-11,13,16,22,25,27H,3-6H2,1-2H3,(H2,28,29,30). The first-order valence-corrected chi connectivity index (χ1v) is 10.8. The smallest absolute Gasteiger partial charge is 0.203 e. The lowest BCUT2D eigenvalue weighted by molar-refractivity contribution is 0.417. The van der Waals surface area contributed by atoms with Crippen LogP contribution in [0.1, 0.15) is 43.0 Å². The minimum Gasteiger partial charge on any atom is -0.495 e. The molecule has 0 spiro atoms. The van der Waals surface area contributed by atoms with Gasteiger partial charge in [0.1, 0.15) is 23.8 Å². The van der Waals surface area contributed by atoms with Crippen LogP contribution in [0.15, 0.2) is 41.7 Å². The number of anilines is 2. The van der Waals surface area contributed by atoms with Gasteiger partial charge in [0.2, 0.25) is 5.96 Å². The number of rotatable bonds is 5. The summed E-state index contributed by atoms with van der Waals surface area (Å²) < 4.78 is 7.48. The summed E-state index contributed by atoms with van der Waals surface area (Å²) in [5.74, 6) is 2.06. The van der Waals surface area contributed by atoms with Crippen LogP contribution < -0.4 is 20.7 Å². The highest BCUT2D eigenvalue weighted by atomic mass is 16.5. The van der Waals surface area contributed by atoms with E-state index in [4.69, 9.17) is 9.73 Å². The Balaban J connectivity index is 1.43. The highest BCUT2D eigenvalue weighted by molar-refractivity contribution is 6.06. The molecule has 0 bridgehead atoms. The van der Waals surface area contributed by atoms with Crippen LogP contribution in [0.2, 0.25) is 0 Å². The summed E-state index contributed by atoms with van der Waals surface area (Å²) in [6.07, 6.45) is 7.92. The van der Waals surface area contributed by atoms with Gasteiger partial charge in [0.25, 0.3) is 0 Å². The van der Waals surface area contributed by atoms with Crippen LogP contribution in [0, 0.1) is 11.3 Å². The molecule has 1 aliphatic carbocycles. The van der Waals surface area contributed by atoms with Gasteiger partial charge in [0, 0.05) is 31.0 Å². The molecule has 164 valence electrons. The van der Waals surface area contributed by atoms with Crippen molar-refractivity contribution in [2.45, 2.75) is 37.9 Å². The molecule has 32 heavy (non-hydrogen) atoms. The molecule has 3 heterocycles. The maximum atomic E-state index is 9.54. The molecule has 1 unspecified atom stereocenters. The molecule has 0 saturated heterocycles. The Morgan fingerprint density at radius 3 is 2.81 bits per heavy atom. The number of aryl methyl sites for hydroxylation is 1. The van der Waals surface area contributed by atoms with Crippen LogP contribution in [-0.2, 0) is 7.05 Å². The second-order valence-corrected chi connectivity index (χ2v) is 8.14. The summed E-state index contributed by atoms with van der Waals surface area (Å²) in [6.45, 7) is 0. The molecule has 4 N–H and O–H groups in total. The first-order valence-electron chi connectivity index (χ1n) is 10.8. The number of aliphatic imine (C=N–C) groups is 1. The Morgan fingerprint density at radius 1 is 1.25 bits per heavy atom. The Morgan fingerprint density at radius 2 is 2.09 bits per heavy atom. The number of nitrogens with zero attached hydrogens (tertiary/aromatic N) is 4. The number of H-pyrrole nitrogens is 1. The quantitative estimate of drug-likeness (QED) is 0.490. The number of ether oxygens (including phenoxy) is 1. The summed E-state index contributed by atoms with van der Waals surface area (Å²) in [5.41, 5.74) is 4.27. The van der Waals surface area contributed by atoms with Gasteiger partial charge in [-0.15, -0.1) is 0 Å². The van der Waals surface area contributed by atoms with E-state index in [2.05, 4.69) is 32.1 Å². The third-order valence-corrected chi connectivity index (χ3v) is 6.14. The van der Waals surface area contributed by atoms with Gasteiger partial charge in [-0.05, 0) is 31.0 Å². The highest BCUT2D eigenvalue weighted by Crippen LogP contribution is 2.35. The molecular formula is C23H26N8O. The SMILES string of the molecule is COc1cc(-c2ccnn2C)ccc1NC1=NC(NC2CCCC2)c2c(C#N)c[nH]c2N1. The molecule has 3 aromatic rings. The fraction of sp³-hybridized carbons (Fsp3) is 0.348. The molecule has 2 aliphatic rings. The lowest BCUT2D eigenvalue weighted by Crippen LogP contribution is -2.36. The van der Waals surface area contributed by atoms with Gasteiger partial charge in [0.05, 0.1) is 29.6 Å². The average molecular weight is 431 g/mol. The van der Waals surface area contributed by atoms with Gasteiger partial charge in [0.15, 0.2) is 0 Å². The molecule has 1 saturated carbocycles. The number of hydrogen-bond acceptors (Lipinski definition) is 7. The van der Waals surface area contributed by atoms with Crippen LogP contribution in [0.25, 0.3) is 11.3 Å². The van der Waals surface area contributed by atoms with Crippen LogP contribution in [-0.4, -0.2) is 33.9 Å². The zero-order valence-electron chi connectivity index (χ0n) is 18.1. The van der Waals surface area contributed by atoms with Gasteiger partial charge in [-0.1, -0.05) is 18.9 Å². The number of nitrogens with one attached hydrogen (secondary N) is 4. The van der Waals surface area contributed by atoms with Crippen molar-refractivity contribution in [3.05, 3.63) is 47.8 Å². The van der Waals surface area contributed by atoms with Crippen LogP contribution in [0.4, 0.5) is 11.5 Å². The number of nitriles is 1. The molecule has 9 heteroatoms. The van der Waals surface area contributed by atoms with Gasteiger partial charge in [-0.3, -0.25) is 10.00 Å². The zero-order valence-corrected chi connectivity index (χ0v) is 18.1. The summed E-state index contributed by atoms with van der Waals surface area (Å²) in [4.78, 5) is 8.04. The van der Waals surface area contributed by atoms with E-state index in [9.17, 15) is 5.26 Å². The Labute approximate surface area is 186 Å². The predicted molar refractivity (Wildman–Crippen MR) is 124 cm³/mol. The van der Waals surface area contributed by atoms with Crippen molar-refractivity contribution < 1.29 is 4.74 Å². The van der Waals surface area contributed by atoms with Crippen LogP contribution >= 0.6 is 0 Å². The third kappa shape index (κ3) is 3.69. The zero-order chi connectivity index (χ0) is 22.1. The molecule has 1 fully saturated rings. The number of aromatic nitrogens is 3. The van der Waals surface area contributed by atoms with Crippen molar-refractivity contribution in [3.8, 4) is 23.1 Å². The molecule has 0 radical (unpaired) electrons. The fourth-order valence-corrected chi connectivity index (χ4v) is 4.50. The summed E-state index contributed by atoms with van der Waals surface area (Å²) in [5, 5.41) is 24.1. The molecular weight excluding hydrogens is 404 g/mol. The lowest BCUT2D eigenvalue weighted by atomic mass is 10.1. The summed E-state index contributed by atoms with van der Waals surface area (Å²) >= 11 is 0. The van der Waals surface area contributed by atoms with E-state index in [1.54, 1.807) is 19.5 Å². The topological polar surface area (TPSA) is 115 Å². The van der Waals surface area contributed by atoms with E-state index in [0.29, 0.717) is 23.3 Å². The van der Waals surface area contributed by atoms with Crippen molar-refractivity contribution in [1.29, 1.82) is 5.26 Å². The predicted octanol–water partition coefficient (Wildman–Crippen LogP) is 3.72. The Bertz CT molecular complexity index is 1200. The fourth-order valence-electron chi connectivity index (χ4n) is 4.50. The van der Waals surface area contributed by atoms with Crippen LogP contribution in [0.3, 0.4) is 0 Å². The van der Waals surface area contributed by atoms with Crippen molar-refractivity contribution in [2.75, 3.05) is 17.7 Å². The molecule has 0 amide bonds. The second-order valence-electron chi connectivity index (χ2n) is 8.14. The maximum Gasteiger partial charge on any atom is 0.203 e. The van der Waals surface area contributed by atoms with Gasteiger partial charge in [-0.25, -0.2) is 4.99 Å². The Hall–Kier alpha value is -3.77. The number of fused-ring (bicyclic) bond motifs is 1. The number of aromatic amines is 1. The monoisotopic (exact) mass is 430 g/mol. The lowest BCUT2D eigenvalue weighted by Gasteiger charge is -2.27.